The highest BCUT2D eigenvalue weighted by Crippen LogP contribution is 2.34. The second-order valence-corrected chi connectivity index (χ2v) is 9.82. The van der Waals surface area contributed by atoms with Crippen LogP contribution in [0.4, 0.5) is 10.5 Å². The molecule has 0 radical (unpaired) electrons. The van der Waals surface area contributed by atoms with Crippen molar-refractivity contribution < 1.29 is 14.3 Å². The number of thiophene rings is 1. The summed E-state index contributed by atoms with van der Waals surface area (Å²) in [7, 11) is 0. The van der Waals surface area contributed by atoms with Gasteiger partial charge in [0.2, 0.25) is 5.91 Å². The highest BCUT2D eigenvalue weighted by Gasteiger charge is 2.33. The van der Waals surface area contributed by atoms with Crippen molar-refractivity contribution in [2.45, 2.75) is 19.4 Å². The molecule has 4 rings (SSSR count). The van der Waals surface area contributed by atoms with Crippen LogP contribution in [-0.2, 0) is 11.2 Å². The summed E-state index contributed by atoms with van der Waals surface area (Å²) in [6, 6.07) is 16.2. The van der Waals surface area contributed by atoms with Gasteiger partial charge >= 0.3 is 6.03 Å². The van der Waals surface area contributed by atoms with Crippen molar-refractivity contribution >= 4 is 40.6 Å². The summed E-state index contributed by atoms with van der Waals surface area (Å²) in [5, 5.41) is 5.56. The van der Waals surface area contributed by atoms with Crippen molar-refractivity contribution in [3.8, 4) is 5.75 Å². The lowest BCUT2D eigenvalue weighted by molar-refractivity contribution is -0.135. The fourth-order valence-corrected chi connectivity index (χ4v) is 5.10. The van der Waals surface area contributed by atoms with E-state index in [0.717, 1.165) is 17.5 Å². The summed E-state index contributed by atoms with van der Waals surface area (Å²) in [6.45, 7) is 6.83. The van der Waals surface area contributed by atoms with Gasteiger partial charge in [-0.2, -0.15) is 0 Å². The minimum atomic E-state index is -0.343. The maximum absolute atomic E-state index is 13.5. The summed E-state index contributed by atoms with van der Waals surface area (Å²) in [4.78, 5) is 31.0. The van der Waals surface area contributed by atoms with E-state index < -0.39 is 0 Å². The van der Waals surface area contributed by atoms with Crippen LogP contribution in [0.15, 0.2) is 72.6 Å². The molecule has 0 saturated heterocycles. The van der Waals surface area contributed by atoms with Crippen molar-refractivity contribution in [1.82, 2.24) is 9.80 Å². The van der Waals surface area contributed by atoms with Crippen LogP contribution < -0.4 is 10.1 Å². The molecule has 0 spiro atoms. The molecule has 6 nitrogen and oxygen atoms in total. The fourth-order valence-electron chi connectivity index (χ4n) is 4.05. The minimum Gasteiger partial charge on any atom is -0.491 e. The Morgan fingerprint density at radius 2 is 1.94 bits per heavy atom. The molecule has 2 aromatic carbocycles. The van der Waals surface area contributed by atoms with Gasteiger partial charge in [-0.05, 0) is 66.8 Å². The molecular weight excluding hydrogens is 482 g/mol. The molecule has 1 aromatic heterocycles. The first-order valence-electron chi connectivity index (χ1n) is 11.4. The SMILES string of the molecule is C=CCN(CC(=O)N1CCc2sccc2[C@@H]1COc1ccc(Cl)cc1)C(=O)Nc1ccc(C)cc1. The first-order chi connectivity index (χ1) is 16.9. The van der Waals surface area contributed by atoms with Gasteiger partial charge in [-0.25, -0.2) is 4.79 Å². The average molecular weight is 510 g/mol. The largest absolute Gasteiger partial charge is 0.491 e. The van der Waals surface area contributed by atoms with E-state index in [1.165, 1.54) is 9.78 Å². The van der Waals surface area contributed by atoms with Crippen molar-refractivity contribution in [3.63, 3.8) is 0 Å². The number of urea groups is 1. The van der Waals surface area contributed by atoms with Crippen molar-refractivity contribution in [3.05, 3.63) is 93.7 Å². The van der Waals surface area contributed by atoms with E-state index in [1.54, 1.807) is 29.5 Å². The molecule has 0 saturated carbocycles. The third-order valence-electron chi connectivity index (χ3n) is 5.90. The van der Waals surface area contributed by atoms with Gasteiger partial charge in [-0.3, -0.25) is 4.79 Å². The van der Waals surface area contributed by atoms with Gasteiger partial charge in [0.1, 0.15) is 18.9 Å². The number of benzene rings is 2. The molecule has 8 heteroatoms. The van der Waals surface area contributed by atoms with Crippen LogP contribution in [0.3, 0.4) is 0 Å². The molecule has 3 aromatic rings. The van der Waals surface area contributed by atoms with E-state index in [2.05, 4.69) is 18.0 Å². The molecule has 35 heavy (non-hydrogen) atoms. The predicted molar refractivity (Wildman–Crippen MR) is 141 cm³/mol. The van der Waals surface area contributed by atoms with E-state index in [4.69, 9.17) is 16.3 Å². The molecule has 0 fully saturated rings. The molecule has 0 bridgehead atoms. The van der Waals surface area contributed by atoms with Crippen LogP contribution in [0, 0.1) is 6.92 Å². The standard InChI is InChI=1S/C27H28ClN3O3S/c1-3-14-30(27(33)29-21-8-4-19(2)5-9-21)17-26(32)31-15-12-25-23(13-16-35-25)24(31)18-34-22-10-6-20(28)7-11-22/h3-11,13,16,24H,1,12,14-15,17-18H2,2H3,(H,29,33)/t24-/m0/s1. The lowest BCUT2D eigenvalue weighted by atomic mass is 10.0. The van der Waals surface area contributed by atoms with E-state index in [9.17, 15) is 9.59 Å². The topological polar surface area (TPSA) is 61.9 Å². The van der Waals surface area contributed by atoms with Gasteiger partial charge in [0.05, 0.1) is 6.04 Å². The molecule has 1 N–H and O–H groups in total. The Bertz CT molecular complexity index is 1180. The average Bonchev–Trinajstić information content (AvgIpc) is 3.34. The molecular formula is C27H28ClN3O3S. The van der Waals surface area contributed by atoms with Crippen molar-refractivity contribution in [1.29, 1.82) is 0 Å². The van der Waals surface area contributed by atoms with E-state index in [0.29, 0.717) is 29.6 Å². The molecule has 1 aliphatic heterocycles. The summed E-state index contributed by atoms with van der Waals surface area (Å²) >= 11 is 7.68. The van der Waals surface area contributed by atoms with E-state index in [-0.39, 0.29) is 31.1 Å². The van der Waals surface area contributed by atoms with E-state index in [1.807, 2.05) is 53.6 Å². The van der Waals surface area contributed by atoms with E-state index >= 15 is 0 Å². The zero-order valence-corrected chi connectivity index (χ0v) is 21.1. The Morgan fingerprint density at radius 1 is 1.20 bits per heavy atom. The number of ether oxygens (including phenoxy) is 1. The maximum Gasteiger partial charge on any atom is 0.322 e. The third-order valence-corrected chi connectivity index (χ3v) is 7.15. The second-order valence-electron chi connectivity index (χ2n) is 8.38. The smallest absolute Gasteiger partial charge is 0.322 e. The Kier molecular flexibility index (Phi) is 8.10. The van der Waals surface area contributed by atoms with Gasteiger partial charge in [0.15, 0.2) is 0 Å². The van der Waals surface area contributed by atoms with Gasteiger partial charge in [0, 0.05) is 28.7 Å². The van der Waals surface area contributed by atoms with Gasteiger partial charge in [0.25, 0.3) is 0 Å². The number of hydrogen-bond donors (Lipinski definition) is 1. The van der Waals surface area contributed by atoms with Gasteiger partial charge in [-0.1, -0.05) is 35.4 Å². The zero-order valence-electron chi connectivity index (χ0n) is 19.6. The van der Waals surface area contributed by atoms with Gasteiger partial charge in [-0.15, -0.1) is 17.9 Å². The first-order valence-corrected chi connectivity index (χ1v) is 12.7. The van der Waals surface area contributed by atoms with Crippen LogP contribution in [0.2, 0.25) is 5.02 Å². The monoisotopic (exact) mass is 509 g/mol. The normalized spacial score (nSPS) is 14.7. The number of fused-ring (bicyclic) bond motifs is 1. The number of amides is 3. The van der Waals surface area contributed by atoms with Crippen LogP contribution >= 0.6 is 22.9 Å². The summed E-state index contributed by atoms with van der Waals surface area (Å²) in [5.41, 5.74) is 2.88. The number of nitrogens with zero attached hydrogens (tertiary/aromatic N) is 2. The highest BCUT2D eigenvalue weighted by atomic mass is 35.5. The molecule has 2 heterocycles. The second kappa shape index (κ2) is 11.4. The number of halogens is 1. The third kappa shape index (κ3) is 6.24. The molecule has 3 amide bonds. The summed E-state index contributed by atoms with van der Waals surface area (Å²) < 4.78 is 6.04. The van der Waals surface area contributed by atoms with Crippen LogP contribution in [-0.4, -0.2) is 48.0 Å². The fraction of sp³-hybridized carbons (Fsp3) is 0.259. The van der Waals surface area contributed by atoms with Crippen LogP contribution in [0.5, 0.6) is 5.75 Å². The number of rotatable bonds is 8. The lowest BCUT2D eigenvalue weighted by Crippen LogP contribution is -2.48. The predicted octanol–water partition coefficient (Wildman–Crippen LogP) is 5.93. The Labute approximate surface area is 214 Å². The Balaban J connectivity index is 1.47. The number of hydrogen-bond acceptors (Lipinski definition) is 4. The number of carbonyl (C=O) groups is 2. The quantitative estimate of drug-likeness (QED) is 0.382. The van der Waals surface area contributed by atoms with Crippen molar-refractivity contribution in [2.75, 3.05) is 31.6 Å². The lowest BCUT2D eigenvalue weighted by Gasteiger charge is -2.37. The number of aryl methyl sites for hydroxylation is 1. The zero-order chi connectivity index (χ0) is 24.8. The molecule has 1 atom stereocenters. The molecule has 0 aliphatic carbocycles. The number of carbonyl (C=O) groups excluding carboxylic acids is 2. The number of anilines is 1. The van der Waals surface area contributed by atoms with Crippen LogP contribution in [0.25, 0.3) is 0 Å². The first kappa shape index (κ1) is 24.8. The highest BCUT2D eigenvalue weighted by molar-refractivity contribution is 7.10. The van der Waals surface area contributed by atoms with Crippen LogP contribution in [0.1, 0.15) is 22.0 Å². The minimum absolute atomic E-state index is 0.0549. The summed E-state index contributed by atoms with van der Waals surface area (Å²) in [5.74, 6) is 0.558. The number of nitrogens with one attached hydrogen (secondary N) is 1. The Morgan fingerprint density at radius 3 is 2.66 bits per heavy atom. The van der Waals surface area contributed by atoms with Gasteiger partial charge < -0.3 is 19.9 Å². The maximum atomic E-state index is 13.5. The molecule has 0 unspecified atom stereocenters. The molecule has 1 aliphatic rings. The van der Waals surface area contributed by atoms with Crippen molar-refractivity contribution in [2.24, 2.45) is 0 Å². The Hall–Kier alpha value is -3.29. The molecule has 182 valence electrons. The summed E-state index contributed by atoms with van der Waals surface area (Å²) in [6.07, 6.45) is 2.41.